The van der Waals surface area contributed by atoms with Gasteiger partial charge in [0.2, 0.25) is 0 Å². The van der Waals surface area contributed by atoms with Crippen molar-refractivity contribution >= 4 is 23.7 Å². The first-order valence-corrected chi connectivity index (χ1v) is 5.85. The third kappa shape index (κ3) is 2.31. The van der Waals surface area contributed by atoms with Crippen molar-refractivity contribution in [2.75, 3.05) is 32.2 Å². The van der Waals surface area contributed by atoms with Gasteiger partial charge in [-0.1, -0.05) is 11.6 Å². The molecule has 7 heteroatoms. The molecule has 0 saturated carbocycles. The summed E-state index contributed by atoms with van der Waals surface area (Å²) in [7, 11) is 3.27. The van der Waals surface area contributed by atoms with E-state index in [2.05, 4.69) is 9.97 Å². The van der Waals surface area contributed by atoms with Gasteiger partial charge in [0.05, 0.1) is 5.56 Å². The second-order valence-electron chi connectivity index (χ2n) is 3.97. The molecular weight excluding hydrogens is 258 g/mol. The quantitative estimate of drug-likeness (QED) is 0.596. The van der Waals surface area contributed by atoms with E-state index in [1.165, 1.54) is 6.33 Å². The van der Waals surface area contributed by atoms with Crippen LogP contribution < -0.4 is 4.90 Å². The summed E-state index contributed by atoms with van der Waals surface area (Å²) in [4.78, 5) is 20.9. The summed E-state index contributed by atoms with van der Waals surface area (Å²) in [6.07, 6.45) is 1.90. The van der Waals surface area contributed by atoms with Gasteiger partial charge < -0.3 is 14.4 Å². The summed E-state index contributed by atoms with van der Waals surface area (Å²) in [5.41, 5.74) is 0.297. The maximum absolute atomic E-state index is 11.1. The van der Waals surface area contributed by atoms with Crippen LogP contribution in [0.2, 0.25) is 5.15 Å². The standard InChI is InChI=1S/C11H14ClN3O3/c1-17-8-3-15(4-9(8)18-2)11-7(5-16)10(12)13-6-14-11/h5-6,8-9H,3-4H2,1-2H3. The first kappa shape index (κ1) is 13.2. The second-order valence-corrected chi connectivity index (χ2v) is 4.33. The van der Waals surface area contributed by atoms with Gasteiger partial charge in [-0.05, 0) is 0 Å². The smallest absolute Gasteiger partial charge is 0.156 e. The molecule has 0 amide bonds. The van der Waals surface area contributed by atoms with Gasteiger partial charge in [0, 0.05) is 27.3 Å². The number of carbonyl (C=O) groups excluding carboxylic acids is 1. The number of nitrogens with zero attached hydrogens (tertiary/aromatic N) is 3. The minimum Gasteiger partial charge on any atom is -0.377 e. The third-order valence-electron chi connectivity index (χ3n) is 3.05. The molecule has 0 N–H and O–H groups in total. The highest BCUT2D eigenvalue weighted by molar-refractivity contribution is 6.32. The molecule has 2 unspecified atom stereocenters. The summed E-state index contributed by atoms with van der Waals surface area (Å²) in [5.74, 6) is 0.520. The van der Waals surface area contributed by atoms with Crippen LogP contribution in [0.3, 0.4) is 0 Å². The topological polar surface area (TPSA) is 64.5 Å². The van der Waals surface area contributed by atoms with Crippen molar-refractivity contribution in [3.05, 3.63) is 17.0 Å². The Hall–Kier alpha value is -1.24. The molecule has 2 heterocycles. The van der Waals surface area contributed by atoms with E-state index in [1.807, 2.05) is 4.90 Å². The number of rotatable bonds is 4. The van der Waals surface area contributed by atoms with Gasteiger partial charge in [-0.3, -0.25) is 4.79 Å². The van der Waals surface area contributed by atoms with E-state index in [4.69, 9.17) is 21.1 Å². The predicted molar refractivity (Wildman–Crippen MR) is 66.2 cm³/mol. The van der Waals surface area contributed by atoms with Crippen LogP contribution in [0.15, 0.2) is 6.33 Å². The van der Waals surface area contributed by atoms with Crippen LogP contribution in [0, 0.1) is 0 Å². The molecule has 2 atom stereocenters. The number of anilines is 1. The SMILES string of the molecule is COC1CN(c2ncnc(Cl)c2C=O)CC1OC. The van der Waals surface area contributed by atoms with Crippen molar-refractivity contribution < 1.29 is 14.3 Å². The van der Waals surface area contributed by atoms with Crippen molar-refractivity contribution in [3.8, 4) is 0 Å². The summed E-state index contributed by atoms with van der Waals surface area (Å²) >= 11 is 5.88. The maximum atomic E-state index is 11.1. The number of hydrogen-bond acceptors (Lipinski definition) is 6. The van der Waals surface area contributed by atoms with Crippen LogP contribution in [0.1, 0.15) is 10.4 Å². The second kappa shape index (κ2) is 5.60. The van der Waals surface area contributed by atoms with Crippen LogP contribution in [0.25, 0.3) is 0 Å². The fourth-order valence-electron chi connectivity index (χ4n) is 2.09. The monoisotopic (exact) mass is 271 g/mol. The Bertz CT molecular complexity index is 432. The minimum atomic E-state index is -0.0526. The number of ether oxygens (including phenoxy) is 2. The zero-order valence-electron chi connectivity index (χ0n) is 10.2. The zero-order valence-corrected chi connectivity index (χ0v) is 10.9. The van der Waals surface area contributed by atoms with E-state index >= 15 is 0 Å². The van der Waals surface area contributed by atoms with Crippen LogP contribution >= 0.6 is 11.6 Å². The van der Waals surface area contributed by atoms with Crippen LogP contribution in [0.4, 0.5) is 5.82 Å². The van der Waals surface area contributed by atoms with Crippen molar-refractivity contribution in [3.63, 3.8) is 0 Å². The van der Waals surface area contributed by atoms with Crippen LogP contribution in [-0.4, -0.2) is 55.8 Å². The Balaban J connectivity index is 2.28. The predicted octanol–water partition coefficient (Wildman–Crippen LogP) is 0.792. The van der Waals surface area contributed by atoms with Gasteiger partial charge in [-0.25, -0.2) is 9.97 Å². The normalized spacial score (nSPS) is 23.4. The molecule has 1 aliphatic rings. The van der Waals surface area contributed by atoms with Gasteiger partial charge >= 0.3 is 0 Å². The first-order valence-electron chi connectivity index (χ1n) is 5.47. The summed E-state index contributed by atoms with van der Waals surface area (Å²) in [6.45, 7) is 1.20. The number of hydrogen-bond donors (Lipinski definition) is 0. The van der Waals surface area contributed by atoms with Crippen molar-refractivity contribution in [1.82, 2.24) is 9.97 Å². The van der Waals surface area contributed by atoms with Crippen molar-refractivity contribution in [2.45, 2.75) is 12.2 Å². The lowest BCUT2D eigenvalue weighted by molar-refractivity contribution is -0.00461. The average Bonchev–Trinajstić information content (AvgIpc) is 2.81. The Morgan fingerprint density at radius 3 is 2.44 bits per heavy atom. The zero-order chi connectivity index (χ0) is 13.1. The van der Waals surface area contributed by atoms with Crippen LogP contribution in [-0.2, 0) is 9.47 Å². The maximum Gasteiger partial charge on any atom is 0.156 e. The fourth-order valence-corrected chi connectivity index (χ4v) is 2.26. The molecule has 0 spiro atoms. The lowest BCUT2D eigenvalue weighted by Gasteiger charge is -2.18. The lowest BCUT2D eigenvalue weighted by Crippen LogP contribution is -2.27. The van der Waals surface area contributed by atoms with Gasteiger partial charge in [0.1, 0.15) is 29.5 Å². The highest BCUT2D eigenvalue weighted by Gasteiger charge is 2.34. The molecule has 98 valence electrons. The molecule has 0 aliphatic carbocycles. The highest BCUT2D eigenvalue weighted by Crippen LogP contribution is 2.26. The van der Waals surface area contributed by atoms with E-state index in [0.717, 1.165) is 0 Å². The molecule has 18 heavy (non-hydrogen) atoms. The number of aromatic nitrogens is 2. The molecule has 6 nitrogen and oxygen atoms in total. The molecule has 1 saturated heterocycles. The number of methoxy groups -OCH3 is 2. The number of aldehydes is 1. The van der Waals surface area contributed by atoms with Gasteiger partial charge in [-0.15, -0.1) is 0 Å². The molecule has 1 aromatic rings. The summed E-state index contributed by atoms with van der Waals surface area (Å²) < 4.78 is 10.7. The highest BCUT2D eigenvalue weighted by atomic mass is 35.5. The van der Waals surface area contributed by atoms with Crippen LogP contribution in [0.5, 0.6) is 0 Å². The minimum absolute atomic E-state index is 0.0526. The van der Waals surface area contributed by atoms with Gasteiger partial charge in [-0.2, -0.15) is 0 Å². The van der Waals surface area contributed by atoms with E-state index in [0.29, 0.717) is 30.8 Å². The number of halogens is 1. The van der Waals surface area contributed by atoms with E-state index < -0.39 is 0 Å². The Morgan fingerprint density at radius 2 is 1.94 bits per heavy atom. The molecule has 1 aliphatic heterocycles. The third-order valence-corrected chi connectivity index (χ3v) is 3.35. The van der Waals surface area contributed by atoms with E-state index in [1.54, 1.807) is 14.2 Å². The molecule has 0 bridgehead atoms. The lowest BCUT2D eigenvalue weighted by atomic mass is 10.3. The van der Waals surface area contributed by atoms with Gasteiger partial charge in [0.15, 0.2) is 6.29 Å². The Labute approximate surface area is 110 Å². The molecule has 1 fully saturated rings. The first-order chi connectivity index (χ1) is 8.71. The Kier molecular flexibility index (Phi) is 4.11. The average molecular weight is 272 g/mol. The summed E-state index contributed by atoms with van der Waals surface area (Å²) in [6, 6.07) is 0. The van der Waals surface area contributed by atoms with Crippen molar-refractivity contribution in [1.29, 1.82) is 0 Å². The van der Waals surface area contributed by atoms with Crippen molar-refractivity contribution in [2.24, 2.45) is 0 Å². The Morgan fingerprint density at radius 1 is 1.33 bits per heavy atom. The molecule has 0 radical (unpaired) electrons. The molecule has 0 aromatic carbocycles. The van der Waals surface area contributed by atoms with E-state index in [-0.39, 0.29) is 17.4 Å². The van der Waals surface area contributed by atoms with E-state index in [9.17, 15) is 4.79 Å². The summed E-state index contributed by atoms with van der Waals surface area (Å²) in [5, 5.41) is 0.157. The fraction of sp³-hybridized carbons (Fsp3) is 0.545. The van der Waals surface area contributed by atoms with Gasteiger partial charge in [0.25, 0.3) is 0 Å². The number of carbonyl (C=O) groups is 1. The molecular formula is C11H14ClN3O3. The molecule has 2 rings (SSSR count). The molecule has 1 aromatic heterocycles. The largest absolute Gasteiger partial charge is 0.377 e.